The quantitative estimate of drug-likeness (QED) is 0.496. The second-order valence-corrected chi connectivity index (χ2v) is 13.9. The first-order valence-electron chi connectivity index (χ1n) is 13.9. The van der Waals surface area contributed by atoms with E-state index in [1.165, 1.54) is 29.5 Å². The summed E-state index contributed by atoms with van der Waals surface area (Å²) in [5, 5.41) is 17.9. The fraction of sp³-hybridized carbons (Fsp3) is 0.700. The maximum absolute atomic E-state index is 10.7. The van der Waals surface area contributed by atoms with Crippen molar-refractivity contribution in [3.05, 3.63) is 34.7 Å². The smallest absolute Gasteiger partial charge is 0.185 e. The molecule has 0 bridgehead atoms. The molecule has 1 aromatic carbocycles. The van der Waals surface area contributed by atoms with Crippen LogP contribution in [-0.2, 0) is 10.8 Å². The van der Waals surface area contributed by atoms with Gasteiger partial charge in [-0.15, -0.1) is 11.3 Å². The van der Waals surface area contributed by atoms with Gasteiger partial charge >= 0.3 is 0 Å². The van der Waals surface area contributed by atoms with E-state index in [-0.39, 0.29) is 23.0 Å². The molecule has 4 nitrogen and oxygen atoms in total. The Balaban J connectivity index is 1.23. The van der Waals surface area contributed by atoms with Gasteiger partial charge in [-0.1, -0.05) is 53.7 Å². The van der Waals surface area contributed by atoms with Crippen LogP contribution in [0.5, 0.6) is 0 Å². The number of hydrogen-bond acceptors (Lipinski definition) is 5. The molecule has 192 valence electrons. The minimum Gasteiger partial charge on any atom is -0.391 e. The van der Waals surface area contributed by atoms with Gasteiger partial charge in [-0.25, -0.2) is 4.98 Å². The number of nitrogens with one attached hydrogen (secondary N) is 1. The van der Waals surface area contributed by atoms with Crippen molar-refractivity contribution < 1.29 is 5.11 Å². The molecular weight excluding hydrogens is 450 g/mol. The average molecular weight is 496 g/mol. The second-order valence-electron chi connectivity index (χ2n) is 13.1. The first kappa shape index (κ1) is 25.2. The zero-order chi connectivity index (χ0) is 25.0. The Morgan fingerprint density at radius 2 is 1.69 bits per heavy atom. The maximum Gasteiger partial charge on any atom is 0.185 e. The third-order valence-corrected chi connectivity index (χ3v) is 10.3. The van der Waals surface area contributed by atoms with Gasteiger partial charge in [-0.2, -0.15) is 0 Å². The van der Waals surface area contributed by atoms with Crippen molar-refractivity contribution in [3.8, 4) is 11.3 Å². The summed E-state index contributed by atoms with van der Waals surface area (Å²) in [6.07, 6.45) is 6.78. The Labute approximate surface area is 216 Å². The fourth-order valence-corrected chi connectivity index (χ4v) is 7.64. The van der Waals surface area contributed by atoms with E-state index in [1.54, 1.807) is 11.3 Å². The summed E-state index contributed by atoms with van der Waals surface area (Å²) in [5.41, 5.74) is 5.84. The summed E-state index contributed by atoms with van der Waals surface area (Å²) in [5.74, 6) is 1.01. The van der Waals surface area contributed by atoms with Crippen LogP contribution < -0.4 is 10.2 Å². The number of anilines is 1. The molecular formula is C30H45N3OS. The van der Waals surface area contributed by atoms with Crippen molar-refractivity contribution >= 4 is 16.5 Å². The largest absolute Gasteiger partial charge is 0.391 e. The molecule has 1 saturated heterocycles. The van der Waals surface area contributed by atoms with Crippen LogP contribution in [-0.4, -0.2) is 41.4 Å². The minimum atomic E-state index is -0.193. The van der Waals surface area contributed by atoms with E-state index >= 15 is 0 Å². The van der Waals surface area contributed by atoms with E-state index in [1.807, 2.05) is 0 Å². The van der Waals surface area contributed by atoms with E-state index < -0.39 is 0 Å². The van der Waals surface area contributed by atoms with Crippen LogP contribution in [0.15, 0.2) is 23.6 Å². The molecule has 0 spiro atoms. The summed E-state index contributed by atoms with van der Waals surface area (Å²) < 4.78 is 0. The third-order valence-electron chi connectivity index (χ3n) is 9.37. The topological polar surface area (TPSA) is 48.4 Å². The average Bonchev–Trinajstić information content (AvgIpc) is 3.45. The lowest BCUT2D eigenvalue weighted by Gasteiger charge is -2.42. The highest BCUT2D eigenvalue weighted by Crippen LogP contribution is 2.47. The fourth-order valence-electron chi connectivity index (χ4n) is 6.75. The standard InChI is InChI=1S/C30H45N3OS/c1-19(2)22-8-10-25(27(22)34)31-21-11-15-33(16-12-21)28-32-26(18-35-28)20-7-9-23-24(17-20)30(5,6)14-13-29(23,3)4/h7,9,17-19,21-22,25,27,31,34H,8,10-16H2,1-6H3. The second kappa shape index (κ2) is 9.46. The van der Waals surface area contributed by atoms with Gasteiger partial charge in [0, 0.05) is 36.1 Å². The van der Waals surface area contributed by atoms with Crippen molar-refractivity contribution in [1.29, 1.82) is 0 Å². The van der Waals surface area contributed by atoms with Crippen LogP contribution in [0.2, 0.25) is 0 Å². The predicted octanol–water partition coefficient (Wildman–Crippen LogP) is 6.51. The van der Waals surface area contributed by atoms with Crippen LogP contribution in [0.25, 0.3) is 11.3 Å². The molecule has 35 heavy (non-hydrogen) atoms. The number of aliphatic hydroxyl groups excluding tert-OH is 1. The molecule has 2 N–H and O–H groups in total. The molecule has 2 aromatic rings. The number of aromatic nitrogens is 1. The van der Waals surface area contributed by atoms with Gasteiger partial charge in [0.05, 0.1) is 11.8 Å². The lowest BCUT2D eigenvalue weighted by Crippen LogP contribution is -2.49. The lowest BCUT2D eigenvalue weighted by molar-refractivity contribution is 0.0798. The van der Waals surface area contributed by atoms with Gasteiger partial charge in [0.1, 0.15) is 0 Å². The number of nitrogens with zero attached hydrogens (tertiary/aromatic N) is 2. The van der Waals surface area contributed by atoms with E-state index in [4.69, 9.17) is 4.98 Å². The first-order valence-corrected chi connectivity index (χ1v) is 14.7. The Hall–Kier alpha value is -1.43. The molecule has 3 aliphatic rings. The van der Waals surface area contributed by atoms with Crippen LogP contribution in [0.1, 0.15) is 91.2 Å². The number of benzene rings is 1. The monoisotopic (exact) mass is 495 g/mol. The lowest BCUT2D eigenvalue weighted by atomic mass is 9.63. The molecule has 5 heteroatoms. The molecule has 5 rings (SSSR count). The number of aliphatic hydroxyl groups is 1. The molecule has 1 aromatic heterocycles. The van der Waals surface area contributed by atoms with Gasteiger partial charge in [0.15, 0.2) is 5.13 Å². The molecule has 1 saturated carbocycles. The van der Waals surface area contributed by atoms with Crippen molar-refractivity contribution in [2.24, 2.45) is 11.8 Å². The van der Waals surface area contributed by atoms with Crippen LogP contribution in [0.4, 0.5) is 5.13 Å². The van der Waals surface area contributed by atoms with Gasteiger partial charge in [-0.05, 0) is 78.4 Å². The number of thiazole rings is 1. The highest BCUT2D eigenvalue weighted by molar-refractivity contribution is 7.14. The molecule has 2 heterocycles. The normalized spacial score (nSPS) is 28.5. The molecule has 3 unspecified atom stereocenters. The van der Waals surface area contributed by atoms with Crippen molar-refractivity contribution in [2.45, 2.75) is 109 Å². The first-order chi connectivity index (χ1) is 16.5. The van der Waals surface area contributed by atoms with E-state index in [2.05, 4.69) is 75.3 Å². The van der Waals surface area contributed by atoms with Gasteiger partial charge in [0.25, 0.3) is 0 Å². The molecule has 0 amide bonds. The molecule has 2 fully saturated rings. The minimum absolute atomic E-state index is 0.193. The summed E-state index contributed by atoms with van der Waals surface area (Å²) in [6.45, 7) is 16.1. The van der Waals surface area contributed by atoms with Gasteiger partial charge < -0.3 is 15.3 Å². The number of hydrogen-bond donors (Lipinski definition) is 2. The predicted molar refractivity (Wildman–Crippen MR) is 149 cm³/mol. The zero-order valence-corrected chi connectivity index (χ0v) is 23.4. The van der Waals surface area contributed by atoms with Crippen molar-refractivity contribution in [2.75, 3.05) is 18.0 Å². The number of piperidine rings is 1. The van der Waals surface area contributed by atoms with Crippen LogP contribution in [0.3, 0.4) is 0 Å². The van der Waals surface area contributed by atoms with Crippen LogP contribution >= 0.6 is 11.3 Å². The summed E-state index contributed by atoms with van der Waals surface area (Å²) in [6, 6.07) is 7.84. The summed E-state index contributed by atoms with van der Waals surface area (Å²) in [4.78, 5) is 7.55. The van der Waals surface area contributed by atoms with E-state index in [0.717, 1.165) is 49.6 Å². The highest BCUT2D eigenvalue weighted by Gasteiger charge is 2.38. The van der Waals surface area contributed by atoms with Crippen molar-refractivity contribution in [3.63, 3.8) is 0 Å². The zero-order valence-electron chi connectivity index (χ0n) is 22.6. The number of fused-ring (bicyclic) bond motifs is 1. The Morgan fingerprint density at radius 1 is 1.00 bits per heavy atom. The molecule has 3 atom stereocenters. The third kappa shape index (κ3) is 4.93. The Bertz CT molecular complexity index is 1030. The Morgan fingerprint density at radius 3 is 2.34 bits per heavy atom. The molecule has 1 aliphatic heterocycles. The highest BCUT2D eigenvalue weighted by atomic mass is 32.1. The van der Waals surface area contributed by atoms with Crippen LogP contribution in [0, 0.1) is 11.8 Å². The molecule has 0 radical (unpaired) electrons. The maximum atomic E-state index is 10.7. The molecule has 2 aliphatic carbocycles. The Kier molecular flexibility index (Phi) is 6.82. The summed E-state index contributed by atoms with van der Waals surface area (Å²) in [7, 11) is 0. The number of rotatable bonds is 5. The van der Waals surface area contributed by atoms with E-state index in [9.17, 15) is 5.11 Å². The van der Waals surface area contributed by atoms with Crippen molar-refractivity contribution in [1.82, 2.24) is 10.3 Å². The van der Waals surface area contributed by atoms with E-state index in [0.29, 0.717) is 17.9 Å². The van der Waals surface area contributed by atoms with Gasteiger partial charge in [0.2, 0.25) is 0 Å². The SMILES string of the molecule is CC(C)C1CCC(NC2CCN(c3nc(-c4ccc5c(c4)C(C)(C)CCC5(C)C)cs3)CC2)C1O. The van der Waals surface area contributed by atoms with Gasteiger partial charge in [-0.3, -0.25) is 0 Å². The summed E-state index contributed by atoms with van der Waals surface area (Å²) >= 11 is 1.78.